The van der Waals surface area contributed by atoms with Gasteiger partial charge in [0.15, 0.2) is 0 Å². The molecule has 7 nitrogen and oxygen atoms in total. The van der Waals surface area contributed by atoms with Gasteiger partial charge >= 0.3 is 11.9 Å². The van der Waals surface area contributed by atoms with Crippen molar-refractivity contribution in [1.29, 1.82) is 0 Å². The lowest BCUT2D eigenvalue weighted by molar-refractivity contribution is -0.192. The highest BCUT2D eigenvalue weighted by Gasteiger charge is 2.53. The highest BCUT2D eigenvalue weighted by molar-refractivity contribution is 5.89. The number of rotatable bonds is 9. The van der Waals surface area contributed by atoms with E-state index in [1.165, 1.54) is 11.8 Å². The molecule has 0 spiro atoms. The van der Waals surface area contributed by atoms with E-state index in [-0.39, 0.29) is 24.3 Å². The van der Waals surface area contributed by atoms with Gasteiger partial charge in [0.05, 0.1) is 12.6 Å². The van der Waals surface area contributed by atoms with E-state index in [9.17, 15) is 28.3 Å². The summed E-state index contributed by atoms with van der Waals surface area (Å²) in [5.74, 6) is -7.54. The molecule has 1 heterocycles. The summed E-state index contributed by atoms with van der Waals surface area (Å²) in [7, 11) is 0. The zero-order chi connectivity index (χ0) is 22.5. The number of nitrogens with zero attached hydrogens (tertiary/aromatic N) is 1. The fourth-order valence-corrected chi connectivity index (χ4v) is 3.29. The van der Waals surface area contributed by atoms with Crippen LogP contribution in [-0.4, -0.2) is 65.1 Å². The number of nitrogens with one attached hydrogen (secondary N) is 1. The van der Waals surface area contributed by atoms with Gasteiger partial charge in [-0.05, 0) is 31.6 Å². The van der Waals surface area contributed by atoms with Crippen LogP contribution in [0.4, 0.5) is 8.78 Å². The number of likely N-dealkylation sites (tertiary alicyclic amines) is 1. The predicted molar refractivity (Wildman–Crippen MR) is 103 cm³/mol. The maximum atomic E-state index is 14.3. The van der Waals surface area contributed by atoms with Crippen molar-refractivity contribution in [2.75, 3.05) is 13.2 Å². The molecule has 168 valence electrons. The highest BCUT2D eigenvalue weighted by atomic mass is 19.3. The predicted octanol–water partition coefficient (Wildman–Crippen LogP) is 1.97. The molecule has 0 radical (unpaired) electrons. The molecule has 1 rings (SSSR count). The molecule has 2 unspecified atom stereocenters. The number of carbonyl (C=O) groups excluding carboxylic acids is 3. The van der Waals surface area contributed by atoms with E-state index in [0.29, 0.717) is 19.4 Å². The normalized spacial score (nSPS) is 20.5. The van der Waals surface area contributed by atoms with Crippen LogP contribution in [0.15, 0.2) is 0 Å². The minimum atomic E-state index is -4.17. The van der Waals surface area contributed by atoms with Crippen LogP contribution in [-0.2, 0) is 19.1 Å². The molecular weight excluding hydrogens is 386 g/mol. The Morgan fingerprint density at radius 3 is 2.24 bits per heavy atom. The third kappa shape index (κ3) is 5.87. The Balaban J connectivity index is 2.97. The van der Waals surface area contributed by atoms with Crippen LogP contribution in [0.2, 0.25) is 0 Å². The van der Waals surface area contributed by atoms with Crippen molar-refractivity contribution in [3.05, 3.63) is 0 Å². The summed E-state index contributed by atoms with van der Waals surface area (Å²) in [4.78, 5) is 38.5. The van der Waals surface area contributed by atoms with Crippen molar-refractivity contribution in [2.24, 2.45) is 17.8 Å². The molecule has 0 aromatic heterocycles. The molecule has 0 bridgehead atoms. The Hall–Kier alpha value is -1.77. The largest absolute Gasteiger partial charge is 0.461 e. The fraction of sp³-hybridized carbons (Fsp3) is 0.850. The first-order chi connectivity index (χ1) is 13.4. The van der Waals surface area contributed by atoms with Crippen molar-refractivity contribution >= 4 is 17.8 Å². The number of alkyl halides is 2. The lowest BCUT2D eigenvalue weighted by Gasteiger charge is -2.34. The summed E-state index contributed by atoms with van der Waals surface area (Å²) in [6, 6.07) is -2.17. The van der Waals surface area contributed by atoms with E-state index in [2.05, 4.69) is 10.1 Å². The molecule has 29 heavy (non-hydrogen) atoms. The van der Waals surface area contributed by atoms with E-state index >= 15 is 0 Å². The zero-order valence-corrected chi connectivity index (χ0v) is 18.1. The van der Waals surface area contributed by atoms with Crippen LogP contribution in [0.1, 0.15) is 54.4 Å². The standard InChI is InChI=1S/C20H34F2N2O5/c1-7-29-19(28)20(21,22)16(25)15(12(4)5)23-17(26)14-9-8-10-24(14)18(27)13(6)11(2)3/h11-16,25H,7-10H2,1-6H3,(H,23,26)/t13-,14?,15-,16?/m0/s1. The van der Waals surface area contributed by atoms with Crippen LogP contribution in [0.3, 0.4) is 0 Å². The second-order valence-electron chi connectivity index (χ2n) is 8.29. The number of amides is 2. The molecule has 9 heteroatoms. The molecule has 4 atom stereocenters. The van der Waals surface area contributed by atoms with Crippen LogP contribution < -0.4 is 5.32 Å². The number of halogens is 2. The van der Waals surface area contributed by atoms with Crippen molar-refractivity contribution in [1.82, 2.24) is 10.2 Å². The maximum absolute atomic E-state index is 14.3. The summed E-state index contributed by atoms with van der Waals surface area (Å²) < 4.78 is 32.9. The van der Waals surface area contributed by atoms with Gasteiger partial charge in [0, 0.05) is 12.5 Å². The van der Waals surface area contributed by atoms with Crippen molar-refractivity contribution in [3.8, 4) is 0 Å². The first-order valence-corrected chi connectivity index (χ1v) is 10.2. The van der Waals surface area contributed by atoms with E-state index in [0.717, 1.165) is 0 Å². The number of aliphatic hydroxyl groups excluding tert-OH is 1. The molecular formula is C20H34F2N2O5. The third-order valence-electron chi connectivity index (χ3n) is 5.51. The quantitative estimate of drug-likeness (QED) is 0.556. The highest BCUT2D eigenvalue weighted by Crippen LogP contribution is 2.27. The maximum Gasteiger partial charge on any atom is 0.379 e. The lowest BCUT2D eigenvalue weighted by atomic mass is 9.93. The van der Waals surface area contributed by atoms with Gasteiger partial charge in [0.1, 0.15) is 12.1 Å². The van der Waals surface area contributed by atoms with Crippen LogP contribution in [0.5, 0.6) is 0 Å². The van der Waals surface area contributed by atoms with E-state index in [1.54, 1.807) is 20.8 Å². The average Bonchev–Trinajstić information content (AvgIpc) is 3.13. The van der Waals surface area contributed by atoms with Gasteiger partial charge < -0.3 is 20.1 Å². The monoisotopic (exact) mass is 420 g/mol. The molecule has 0 saturated carbocycles. The first kappa shape index (κ1) is 25.3. The Kier molecular flexibility index (Phi) is 8.99. The third-order valence-corrected chi connectivity index (χ3v) is 5.51. The van der Waals surface area contributed by atoms with Crippen molar-refractivity contribution in [3.63, 3.8) is 0 Å². The number of ether oxygens (including phenoxy) is 1. The molecule has 0 aliphatic carbocycles. The summed E-state index contributed by atoms with van der Waals surface area (Å²) >= 11 is 0. The molecule has 1 aliphatic rings. The second kappa shape index (κ2) is 10.3. The zero-order valence-electron chi connectivity index (χ0n) is 18.1. The molecule has 1 fully saturated rings. The molecule has 1 aliphatic heterocycles. The second-order valence-corrected chi connectivity index (χ2v) is 8.29. The molecule has 0 aromatic carbocycles. The topological polar surface area (TPSA) is 95.9 Å². The molecule has 2 N–H and O–H groups in total. The van der Waals surface area contributed by atoms with Crippen LogP contribution in [0.25, 0.3) is 0 Å². The van der Waals surface area contributed by atoms with E-state index < -0.39 is 41.9 Å². The number of hydrogen-bond donors (Lipinski definition) is 2. The average molecular weight is 420 g/mol. The minimum Gasteiger partial charge on any atom is -0.461 e. The van der Waals surface area contributed by atoms with Gasteiger partial charge in [0.25, 0.3) is 0 Å². The summed E-state index contributed by atoms with van der Waals surface area (Å²) in [5.41, 5.74) is 0. The van der Waals surface area contributed by atoms with Crippen LogP contribution >= 0.6 is 0 Å². The first-order valence-electron chi connectivity index (χ1n) is 10.2. The summed E-state index contributed by atoms with van der Waals surface area (Å²) in [5, 5.41) is 12.6. The molecule has 2 amide bonds. The summed E-state index contributed by atoms with van der Waals surface area (Å²) in [6.07, 6.45) is -1.41. The van der Waals surface area contributed by atoms with E-state index in [1.807, 2.05) is 13.8 Å². The van der Waals surface area contributed by atoms with E-state index in [4.69, 9.17) is 0 Å². The van der Waals surface area contributed by atoms with Gasteiger partial charge in [-0.1, -0.05) is 34.6 Å². The lowest BCUT2D eigenvalue weighted by Crippen LogP contribution is -2.59. The van der Waals surface area contributed by atoms with Gasteiger partial charge in [-0.2, -0.15) is 8.78 Å². The Labute approximate surface area is 171 Å². The Bertz CT molecular complexity index is 597. The van der Waals surface area contributed by atoms with Crippen molar-refractivity contribution < 1.29 is 33.0 Å². The molecule has 1 saturated heterocycles. The Morgan fingerprint density at radius 1 is 1.17 bits per heavy atom. The van der Waals surface area contributed by atoms with Crippen LogP contribution in [0, 0.1) is 17.8 Å². The van der Waals surface area contributed by atoms with Gasteiger partial charge in [-0.15, -0.1) is 0 Å². The number of esters is 1. The smallest absolute Gasteiger partial charge is 0.379 e. The number of hydrogen-bond acceptors (Lipinski definition) is 5. The fourth-order valence-electron chi connectivity index (χ4n) is 3.29. The SMILES string of the molecule is CCOC(=O)C(F)(F)C(O)[C@@H](NC(=O)C1CCCN1C(=O)[C@@H](C)C(C)C)C(C)C. The van der Waals surface area contributed by atoms with Crippen molar-refractivity contribution in [2.45, 2.75) is 78.5 Å². The van der Waals surface area contributed by atoms with Gasteiger partial charge in [0.2, 0.25) is 11.8 Å². The summed E-state index contributed by atoms with van der Waals surface area (Å²) in [6.45, 7) is 10.3. The number of aliphatic hydroxyl groups is 1. The van der Waals surface area contributed by atoms with Gasteiger partial charge in [-0.25, -0.2) is 4.79 Å². The van der Waals surface area contributed by atoms with Gasteiger partial charge in [-0.3, -0.25) is 9.59 Å². The Morgan fingerprint density at radius 2 is 1.76 bits per heavy atom. The number of carbonyl (C=O) groups is 3. The minimum absolute atomic E-state index is 0.0975. The molecule has 0 aromatic rings.